The van der Waals surface area contributed by atoms with E-state index in [4.69, 9.17) is 5.73 Å². The standard InChI is InChI=1S/C16H15N3OS/c17-12-3-1-11(2-4-12)16(5-6-16)14(20)9-13-10-19-7-8-21-15(19)18-13/h1-4,7-8,10H,5-6,9,17H2. The molecule has 106 valence electrons. The average molecular weight is 297 g/mol. The van der Waals surface area contributed by atoms with Crippen LogP contribution >= 0.6 is 11.3 Å². The highest BCUT2D eigenvalue weighted by Gasteiger charge is 2.50. The van der Waals surface area contributed by atoms with Crippen molar-refractivity contribution in [3.8, 4) is 0 Å². The molecule has 0 amide bonds. The van der Waals surface area contributed by atoms with Crippen LogP contribution in [0.1, 0.15) is 24.1 Å². The Labute approximate surface area is 126 Å². The second kappa shape index (κ2) is 4.43. The number of hydrogen-bond acceptors (Lipinski definition) is 4. The van der Waals surface area contributed by atoms with Gasteiger partial charge in [-0.2, -0.15) is 0 Å². The fraction of sp³-hybridized carbons (Fsp3) is 0.250. The van der Waals surface area contributed by atoms with Gasteiger partial charge in [-0.25, -0.2) is 4.98 Å². The van der Waals surface area contributed by atoms with Gasteiger partial charge in [0.15, 0.2) is 4.96 Å². The van der Waals surface area contributed by atoms with E-state index in [0.717, 1.165) is 34.7 Å². The Balaban J connectivity index is 1.59. The SMILES string of the molecule is Nc1ccc(C2(C(=O)Cc3cn4ccsc4n3)CC2)cc1. The van der Waals surface area contributed by atoms with Crippen LogP contribution in [0.3, 0.4) is 0 Å². The number of hydrogen-bond donors (Lipinski definition) is 1. The number of carbonyl (C=O) groups is 1. The van der Waals surface area contributed by atoms with Crippen LogP contribution in [0.25, 0.3) is 4.96 Å². The van der Waals surface area contributed by atoms with Crippen molar-refractivity contribution in [2.45, 2.75) is 24.7 Å². The third-order valence-corrected chi connectivity index (χ3v) is 5.00. The van der Waals surface area contributed by atoms with Crippen LogP contribution < -0.4 is 5.73 Å². The summed E-state index contributed by atoms with van der Waals surface area (Å²) in [6, 6.07) is 7.70. The fourth-order valence-electron chi connectivity index (χ4n) is 2.85. The van der Waals surface area contributed by atoms with Crippen LogP contribution in [0.4, 0.5) is 5.69 Å². The van der Waals surface area contributed by atoms with E-state index in [9.17, 15) is 4.79 Å². The van der Waals surface area contributed by atoms with E-state index in [0.29, 0.717) is 6.42 Å². The summed E-state index contributed by atoms with van der Waals surface area (Å²) in [7, 11) is 0. The van der Waals surface area contributed by atoms with E-state index in [1.807, 2.05) is 46.4 Å². The molecule has 21 heavy (non-hydrogen) atoms. The first-order chi connectivity index (χ1) is 10.2. The number of fused-ring (bicyclic) bond motifs is 1. The Hall–Kier alpha value is -2.14. The lowest BCUT2D eigenvalue weighted by molar-refractivity contribution is -0.120. The quantitative estimate of drug-likeness (QED) is 0.753. The normalized spacial score (nSPS) is 16.2. The Bertz CT molecular complexity index is 783. The number of Topliss-reactive ketones (excluding diaryl/α,β-unsaturated/α-hetero) is 1. The summed E-state index contributed by atoms with van der Waals surface area (Å²) >= 11 is 1.58. The van der Waals surface area contributed by atoms with E-state index >= 15 is 0 Å². The lowest BCUT2D eigenvalue weighted by atomic mass is 9.89. The van der Waals surface area contributed by atoms with Crippen LogP contribution in [-0.4, -0.2) is 15.2 Å². The lowest BCUT2D eigenvalue weighted by Gasteiger charge is -2.14. The van der Waals surface area contributed by atoms with Gasteiger partial charge in [0.25, 0.3) is 0 Å². The first kappa shape index (κ1) is 12.6. The number of nitrogens with zero attached hydrogens (tertiary/aromatic N) is 2. The Morgan fingerprint density at radius 3 is 2.76 bits per heavy atom. The van der Waals surface area contributed by atoms with Gasteiger partial charge in [0, 0.05) is 23.5 Å². The average Bonchev–Trinajstić information content (AvgIpc) is 3.03. The van der Waals surface area contributed by atoms with Crippen molar-refractivity contribution in [1.29, 1.82) is 0 Å². The third-order valence-electron chi connectivity index (χ3n) is 4.23. The fourth-order valence-corrected chi connectivity index (χ4v) is 3.57. The van der Waals surface area contributed by atoms with Crippen molar-refractivity contribution in [3.05, 3.63) is 53.3 Å². The minimum Gasteiger partial charge on any atom is -0.399 e. The zero-order valence-electron chi connectivity index (χ0n) is 11.5. The van der Waals surface area contributed by atoms with Gasteiger partial charge in [0.05, 0.1) is 17.5 Å². The summed E-state index contributed by atoms with van der Waals surface area (Å²) in [4.78, 5) is 18.1. The zero-order chi connectivity index (χ0) is 14.4. The van der Waals surface area contributed by atoms with Gasteiger partial charge < -0.3 is 5.73 Å². The van der Waals surface area contributed by atoms with Crippen LogP contribution in [0.15, 0.2) is 42.0 Å². The van der Waals surface area contributed by atoms with Gasteiger partial charge in [0.1, 0.15) is 5.78 Å². The molecule has 2 N–H and O–H groups in total. The van der Waals surface area contributed by atoms with E-state index in [1.54, 1.807) is 11.3 Å². The number of aromatic nitrogens is 2. The lowest BCUT2D eigenvalue weighted by Crippen LogP contribution is -2.22. The number of benzene rings is 1. The summed E-state index contributed by atoms with van der Waals surface area (Å²) in [5.41, 5.74) is 8.10. The molecule has 1 fully saturated rings. The summed E-state index contributed by atoms with van der Waals surface area (Å²) in [5, 5.41) is 1.99. The van der Waals surface area contributed by atoms with Crippen LogP contribution in [0.5, 0.6) is 0 Å². The van der Waals surface area contributed by atoms with E-state index < -0.39 is 0 Å². The summed E-state index contributed by atoms with van der Waals surface area (Å²) in [6.45, 7) is 0. The first-order valence-corrected chi connectivity index (χ1v) is 7.86. The van der Waals surface area contributed by atoms with Gasteiger partial charge in [-0.3, -0.25) is 9.20 Å². The van der Waals surface area contributed by atoms with Gasteiger partial charge >= 0.3 is 0 Å². The van der Waals surface area contributed by atoms with Crippen LogP contribution in [-0.2, 0) is 16.6 Å². The second-order valence-corrected chi connectivity index (χ2v) is 6.50. The number of carbonyl (C=O) groups excluding carboxylic acids is 1. The van der Waals surface area contributed by atoms with Crippen molar-refractivity contribution >= 4 is 27.8 Å². The Morgan fingerprint density at radius 1 is 1.33 bits per heavy atom. The molecule has 1 aliphatic carbocycles. The molecular formula is C16H15N3OS. The van der Waals surface area contributed by atoms with Gasteiger partial charge in [-0.15, -0.1) is 11.3 Å². The summed E-state index contributed by atoms with van der Waals surface area (Å²) in [6.07, 6.45) is 6.17. The predicted octanol–water partition coefficient (Wildman–Crippen LogP) is 2.82. The maximum absolute atomic E-state index is 12.7. The number of rotatable bonds is 4. The van der Waals surface area contributed by atoms with Crippen molar-refractivity contribution in [2.24, 2.45) is 0 Å². The summed E-state index contributed by atoms with van der Waals surface area (Å²) < 4.78 is 1.97. The van der Waals surface area contributed by atoms with Crippen molar-refractivity contribution in [2.75, 3.05) is 5.73 Å². The van der Waals surface area contributed by atoms with Gasteiger partial charge in [0.2, 0.25) is 0 Å². The minimum absolute atomic E-state index is 0.262. The molecule has 0 aliphatic heterocycles. The number of imidazole rings is 1. The molecule has 0 bridgehead atoms. The maximum atomic E-state index is 12.7. The smallest absolute Gasteiger partial charge is 0.193 e. The third kappa shape index (κ3) is 2.05. The number of thiazole rings is 1. The van der Waals surface area contributed by atoms with Crippen molar-refractivity contribution in [3.63, 3.8) is 0 Å². The monoisotopic (exact) mass is 297 g/mol. The van der Waals surface area contributed by atoms with Crippen LogP contribution in [0, 0.1) is 0 Å². The molecule has 0 spiro atoms. The number of nitrogen functional groups attached to an aromatic ring is 1. The van der Waals surface area contributed by atoms with E-state index in [-0.39, 0.29) is 11.2 Å². The van der Waals surface area contributed by atoms with Crippen molar-refractivity contribution < 1.29 is 4.79 Å². The van der Waals surface area contributed by atoms with Gasteiger partial charge in [-0.05, 0) is 30.5 Å². The predicted molar refractivity (Wildman–Crippen MR) is 83.5 cm³/mol. The molecule has 2 heterocycles. The molecule has 1 aromatic carbocycles. The molecule has 2 aromatic heterocycles. The molecule has 0 saturated heterocycles. The van der Waals surface area contributed by atoms with Gasteiger partial charge in [-0.1, -0.05) is 12.1 Å². The van der Waals surface area contributed by atoms with Crippen LogP contribution in [0.2, 0.25) is 0 Å². The Morgan fingerprint density at radius 2 is 2.10 bits per heavy atom. The molecule has 3 aromatic rings. The summed E-state index contributed by atoms with van der Waals surface area (Å²) in [5.74, 6) is 0.262. The highest BCUT2D eigenvalue weighted by Crippen LogP contribution is 2.49. The molecule has 1 saturated carbocycles. The Kier molecular flexibility index (Phi) is 2.65. The molecule has 0 radical (unpaired) electrons. The molecule has 4 rings (SSSR count). The molecule has 1 aliphatic rings. The van der Waals surface area contributed by atoms with E-state index in [1.165, 1.54) is 0 Å². The second-order valence-electron chi connectivity index (χ2n) is 5.63. The topological polar surface area (TPSA) is 60.4 Å². The highest BCUT2D eigenvalue weighted by atomic mass is 32.1. The largest absolute Gasteiger partial charge is 0.399 e. The minimum atomic E-state index is -0.301. The number of nitrogens with two attached hydrogens (primary N) is 1. The molecular weight excluding hydrogens is 282 g/mol. The van der Waals surface area contributed by atoms with E-state index in [2.05, 4.69) is 4.98 Å². The maximum Gasteiger partial charge on any atom is 0.193 e. The molecule has 0 atom stereocenters. The molecule has 0 unspecified atom stereocenters. The zero-order valence-corrected chi connectivity index (χ0v) is 12.3. The first-order valence-electron chi connectivity index (χ1n) is 6.98. The number of ketones is 1. The number of anilines is 1. The highest BCUT2D eigenvalue weighted by molar-refractivity contribution is 7.15. The molecule has 4 nitrogen and oxygen atoms in total. The molecule has 5 heteroatoms. The van der Waals surface area contributed by atoms with Crippen molar-refractivity contribution in [1.82, 2.24) is 9.38 Å².